The number of piperidine rings is 1. The molecule has 0 aromatic carbocycles. The first-order valence-corrected chi connectivity index (χ1v) is 9.51. The van der Waals surface area contributed by atoms with E-state index in [1.54, 1.807) is 0 Å². The summed E-state index contributed by atoms with van der Waals surface area (Å²) in [5.41, 5.74) is 0.155. The molecule has 1 atom stereocenters. The molecule has 2 fully saturated rings. The average Bonchev–Trinajstić information content (AvgIpc) is 3.05. The number of ether oxygens (including phenoxy) is 1. The highest BCUT2D eigenvalue weighted by molar-refractivity contribution is 6.33. The van der Waals surface area contributed by atoms with E-state index in [1.807, 2.05) is 4.90 Å². The van der Waals surface area contributed by atoms with Crippen molar-refractivity contribution in [2.24, 2.45) is 0 Å². The molecule has 0 unspecified atom stereocenters. The van der Waals surface area contributed by atoms with E-state index in [9.17, 15) is 9.59 Å². The second kappa shape index (κ2) is 8.26. The smallest absolute Gasteiger partial charge is 0.407 e. The average molecular weight is 384 g/mol. The highest BCUT2D eigenvalue weighted by Crippen LogP contribution is 2.25. The summed E-state index contributed by atoms with van der Waals surface area (Å²) in [6.45, 7) is 7.54. The van der Waals surface area contributed by atoms with Gasteiger partial charge in [0.1, 0.15) is 11.1 Å². The number of hydrogen-bond donors (Lipinski definition) is 2. The van der Waals surface area contributed by atoms with E-state index in [2.05, 4.69) is 34.3 Å². The third-order valence-electron chi connectivity index (χ3n) is 5.12. The number of likely N-dealkylation sites (tertiary alicyclic amines) is 1. The Hall–Kier alpha value is -1.80. The fourth-order valence-corrected chi connectivity index (χ4v) is 3.76. The molecule has 0 bridgehead atoms. The molecule has 0 radical (unpaired) electrons. The number of carbonyl (C=O) groups excluding carboxylic acids is 1. The summed E-state index contributed by atoms with van der Waals surface area (Å²) in [5, 5.41) is 9.18. The number of alkyl carbamates (subject to hydrolysis) is 1. The van der Waals surface area contributed by atoms with Crippen LogP contribution in [-0.2, 0) is 4.74 Å². The number of H-pyrrole nitrogens is 1. The van der Waals surface area contributed by atoms with Gasteiger partial charge in [0.25, 0.3) is 5.56 Å². The molecule has 1 aromatic heterocycles. The lowest BCUT2D eigenvalue weighted by Gasteiger charge is -2.34. The van der Waals surface area contributed by atoms with Crippen LogP contribution in [0, 0.1) is 0 Å². The van der Waals surface area contributed by atoms with Crippen LogP contribution in [0.3, 0.4) is 0 Å². The molecule has 2 saturated heterocycles. The molecule has 26 heavy (non-hydrogen) atoms. The Morgan fingerprint density at radius 1 is 1.35 bits per heavy atom. The van der Waals surface area contributed by atoms with Gasteiger partial charge in [0.15, 0.2) is 0 Å². The van der Waals surface area contributed by atoms with E-state index in [0.29, 0.717) is 31.2 Å². The van der Waals surface area contributed by atoms with E-state index in [-0.39, 0.29) is 23.3 Å². The van der Waals surface area contributed by atoms with Crippen LogP contribution in [0.5, 0.6) is 0 Å². The van der Waals surface area contributed by atoms with Crippen molar-refractivity contribution in [1.29, 1.82) is 0 Å². The number of aromatic nitrogens is 2. The second-order valence-corrected chi connectivity index (χ2v) is 7.59. The Kier molecular flexibility index (Phi) is 6.03. The third-order valence-corrected chi connectivity index (χ3v) is 5.48. The van der Waals surface area contributed by atoms with Crippen LogP contribution in [-0.4, -0.2) is 65.6 Å². The van der Waals surface area contributed by atoms with Gasteiger partial charge < -0.3 is 19.9 Å². The Morgan fingerprint density at radius 2 is 2.08 bits per heavy atom. The van der Waals surface area contributed by atoms with Gasteiger partial charge in [-0.2, -0.15) is 5.10 Å². The molecule has 3 heterocycles. The van der Waals surface area contributed by atoms with Gasteiger partial charge in [-0.05, 0) is 26.7 Å². The zero-order valence-electron chi connectivity index (χ0n) is 15.2. The van der Waals surface area contributed by atoms with Gasteiger partial charge in [-0.3, -0.25) is 4.79 Å². The van der Waals surface area contributed by atoms with Crippen molar-refractivity contribution in [3.8, 4) is 0 Å². The van der Waals surface area contributed by atoms with Crippen LogP contribution < -0.4 is 15.8 Å². The van der Waals surface area contributed by atoms with Crippen LogP contribution in [0.15, 0.2) is 11.0 Å². The van der Waals surface area contributed by atoms with E-state index in [1.165, 1.54) is 6.20 Å². The van der Waals surface area contributed by atoms with Gasteiger partial charge in [0.2, 0.25) is 0 Å². The van der Waals surface area contributed by atoms with Crippen molar-refractivity contribution in [3.05, 3.63) is 21.6 Å². The highest BCUT2D eigenvalue weighted by Gasteiger charge is 2.29. The van der Waals surface area contributed by atoms with Crippen molar-refractivity contribution in [2.75, 3.05) is 31.1 Å². The minimum atomic E-state index is -0.418. The largest absolute Gasteiger partial charge is 0.444 e. The topological polar surface area (TPSA) is 90.6 Å². The fraction of sp³-hybridized carbons (Fsp3) is 0.706. The van der Waals surface area contributed by atoms with Gasteiger partial charge in [-0.1, -0.05) is 11.6 Å². The summed E-state index contributed by atoms with van der Waals surface area (Å²) in [5.74, 6) is 0. The van der Waals surface area contributed by atoms with Gasteiger partial charge >= 0.3 is 6.09 Å². The molecule has 3 rings (SSSR count). The predicted octanol–water partition coefficient (Wildman–Crippen LogP) is 1.60. The minimum Gasteiger partial charge on any atom is -0.444 e. The maximum absolute atomic E-state index is 12.2. The van der Waals surface area contributed by atoms with Crippen LogP contribution in [0.4, 0.5) is 10.5 Å². The molecule has 1 amide bonds. The van der Waals surface area contributed by atoms with Gasteiger partial charge in [0, 0.05) is 38.1 Å². The van der Waals surface area contributed by atoms with Crippen LogP contribution >= 0.6 is 11.6 Å². The number of halogens is 1. The normalized spacial score (nSPS) is 22.0. The standard InChI is InChI=1S/C17H26ClN5O3/c1-11(2)22-6-3-12(4-7-22)20-17(25)26-13-5-8-23(10-13)14-9-19-21-16(24)15(14)18/h9,11-13H,3-8,10H2,1-2H3,(H,20,25)(H,21,24)/t13-/m1/s1. The molecule has 0 spiro atoms. The van der Waals surface area contributed by atoms with E-state index >= 15 is 0 Å². The zero-order chi connectivity index (χ0) is 18.7. The minimum absolute atomic E-state index is 0.113. The molecule has 8 nitrogen and oxygen atoms in total. The first-order chi connectivity index (χ1) is 12.4. The molecule has 2 aliphatic rings. The lowest BCUT2D eigenvalue weighted by Crippen LogP contribution is -2.47. The summed E-state index contributed by atoms with van der Waals surface area (Å²) >= 11 is 6.04. The second-order valence-electron chi connectivity index (χ2n) is 7.21. The number of rotatable bonds is 4. The molecule has 0 aliphatic carbocycles. The van der Waals surface area contributed by atoms with Crippen LogP contribution in [0.2, 0.25) is 5.02 Å². The Labute approximate surface area is 157 Å². The summed E-state index contributed by atoms with van der Waals surface area (Å²) in [6, 6.07) is 0.709. The number of anilines is 1. The summed E-state index contributed by atoms with van der Waals surface area (Å²) in [7, 11) is 0. The number of aromatic amines is 1. The molecule has 144 valence electrons. The zero-order valence-corrected chi connectivity index (χ0v) is 16.0. The van der Waals surface area contributed by atoms with Gasteiger partial charge in [-0.25, -0.2) is 9.89 Å². The van der Waals surface area contributed by atoms with E-state index in [4.69, 9.17) is 16.3 Å². The molecule has 2 aliphatic heterocycles. The van der Waals surface area contributed by atoms with E-state index in [0.717, 1.165) is 25.9 Å². The Bertz CT molecular complexity index is 687. The lowest BCUT2D eigenvalue weighted by molar-refractivity contribution is 0.0968. The van der Waals surface area contributed by atoms with E-state index < -0.39 is 5.56 Å². The monoisotopic (exact) mass is 383 g/mol. The molecule has 0 saturated carbocycles. The first kappa shape index (κ1) is 19.0. The molecular formula is C17H26ClN5O3. The number of hydrogen-bond acceptors (Lipinski definition) is 6. The summed E-state index contributed by atoms with van der Waals surface area (Å²) in [4.78, 5) is 28.1. The molecule has 9 heteroatoms. The fourth-order valence-electron chi connectivity index (χ4n) is 3.55. The number of nitrogens with zero attached hydrogens (tertiary/aromatic N) is 3. The number of amides is 1. The number of nitrogens with one attached hydrogen (secondary N) is 2. The lowest BCUT2D eigenvalue weighted by atomic mass is 10.0. The SMILES string of the molecule is CC(C)N1CCC(NC(=O)O[C@@H]2CCN(c3cn[nH]c(=O)c3Cl)C2)CC1. The maximum atomic E-state index is 12.2. The van der Waals surface area contributed by atoms with Gasteiger partial charge in [0.05, 0.1) is 18.4 Å². The van der Waals surface area contributed by atoms with Crippen molar-refractivity contribution in [1.82, 2.24) is 20.4 Å². The third kappa shape index (κ3) is 4.48. The molecule has 2 N–H and O–H groups in total. The van der Waals surface area contributed by atoms with Crippen molar-refractivity contribution in [2.45, 2.75) is 51.3 Å². The number of carbonyl (C=O) groups is 1. The quantitative estimate of drug-likeness (QED) is 0.820. The Morgan fingerprint density at radius 3 is 2.77 bits per heavy atom. The first-order valence-electron chi connectivity index (χ1n) is 9.13. The molecule has 1 aromatic rings. The van der Waals surface area contributed by atoms with Crippen molar-refractivity contribution >= 4 is 23.4 Å². The summed E-state index contributed by atoms with van der Waals surface area (Å²) < 4.78 is 5.56. The Balaban J connectivity index is 1.46. The maximum Gasteiger partial charge on any atom is 0.407 e. The van der Waals surface area contributed by atoms with Crippen LogP contribution in [0.25, 0.3) is 0 Å². The van der Waals surface area contributed by atoms with Gasteiger partial charge in [-0.15, -0.1) is 0 Å². The van der Waals surface area contributed by atoms with Crippen LogP contribution in [0.1, 0.15) is 33.1 Å². The predicted molar refractivity (Wildman–Crippen MR) is 99.8 cm³/mol. The van der Waals surface area contributed by atoms with Crippen molar-refractivity contribution in [3.63, 3.8) is 0 Å². The highest BCUT2D eigenvalue weighted by atomic mass is 35.5. The van der Waals surface area contributed by atoms with Crippen molar-refractivity contribution < 1.29 is 9.53 Å². The summed E-state index contributed by atoms with van der Waals surface area (Å²) in [6.07, 6.45) is 3.52. The molecular weight excluding hydrogens is 358 g/mol.